The molecule has 1 fully saturated rings. The zero-order valence-electron chi connectivity index (χ0n) is 31.3. The number of hydrogen-bond acceptors (Lipinski definition) is 10. The highest BCUT2D eigenvalue weighted by Gasteiger charge is 2.27. The third-order valence-corrected chi connectivity index (χ3v) is 10.6. The van der Waals surface area contributed by atoms with Crippen molar-refractivity contribution in [1.29, 1.82) is 0 Å². The summed E-state index contributed by atoms with van der Waals surface area (Å²) in [6, 6.07) is 21.7. The molecule has 12 heteroatoms. The number of halogens is 2. The Morgan fingerprint density at radius 1 is 0.660 bits per heavy atom. The third-order valence-electron chi connectivity index (χ3n) is 9.47. The Kier molecular flexibility index (Phi) is 14.9. The second-order valence-electron chi connectivity index (χ2n) is 12.7. The topological polar surface area (TPSA) is 74.8 Å². The second-order valence-corrected chi connectivity index (χ2v) is 13.6. The van der Waals surface area contributed by atoms with Crippen LogP contribution in [0.5, 0.6) is 34.5 Å². The zero-order valence-corrected chi connectivity index (χ0v) is 33.8. The molecule has 0 N–H and O–H groups in total. The largest absolute Gasteiger partial charge is 0.493 e. The Bertz CT molecular complexity index is 1900. The van der Waals surface area contributed by atoms with Crippen LogP contribution in [0.4, 0.5) is 5.00 Å². The van der Waals surface area contributed by atoms with E-state index in [0.717, 1.165) is 61.3 Å². The molecule has 1 aliphatic rings. The van der Waals surface area contributed by atoms with Crippen molar-refractivity contribution in [3.8, 4) is 56.8 Å². The number of aromatic nitrogens is 1. The van der Waals surface area contributed by atoms with Gasteiger partial charge >= 0.3 is 0 Å². The maximum Gasteiger partial charge on any atom is 0.203 e. The van der Waals surface area contributed by atoms with Crippen molar-refractivity contribution in [2.75, 3.05) is 60.6 Å². The summed E-state index contributed by atoms with van der Waals surface area (Å²) >= 11 is 1.83. The summed E-state index contributed by atoms with van der Waals surface area (Å²) in [5.41, 5.74) is 7.82. The fourth-order valence-electron chi connectivity index (χ4n) is 6.87. The van der Waals surface area contributed by atoms with Crippen molar-refractivity contribution < 1.29 is 28.4 Å². The van der Waals surface area contributed by atoms with Crippen LogP contribution in [0.15, 0.2) is 78.4 Å². The highest BCUT2D eigenvalue weighted by molar-refractivity contribution is 7.14. The van der Waals surface area contributed by atoms with E-state index in [1.54, 1.807) is 42.7 Å². The Morgan fingerprint density at radius 3 is 1.72 bits per heavy atom. The van der Waals surface area contributed by atoms with Crippen molar-refractivity contribution in [2.45, 2.75) is 38.9 Å². The van der Waals surface area contributed by atoms with Crippen LogP contribution >= 0.6 is 36.2 Å². The highest BCUT2D eigenvalue weighted by Crippen LogP contribution is 2.43. The number of hydrogen-bond donors (Lipinski definition) is 0. The predicted molar refractivity (Wildman–Crippen MR) is 219 cm³/mol. The zero-order chi connectivity index (χ0) is 35.9. The lowest BCUT2D eigenvalue weighted by atomic mass is 9.99. The number of likely N-dealkylation sites (tertiary alicyclic amines) is 1. The van der Waals surface area contributed by atoms with E-state index in [2.05, 4.69) is 63.5 Å². The van der Waals surface area contributed by atoms with Gasteiger partial charge in [-0.15, -0.1) is 36.2 Å². The quantitative estimate of drug-likeness (QED) is 0.110. The summed E-state index contributed by atoms with van der Waals surface area (Å²) in [4.78, 5) is 9.75. The number of benzene rings is 3. The monoisotopic (exact) mass is 781 g/mol. The lowest BCUT2D eigenvalue weighted by Gasteiger charge is -2.39. The fraction of sp³-hybridized carbons (Fsp3) is 0.341. The van der Waals surface area contributed by atoms with Crippen LogP contribution in [0.25, 0.3) is 22.3 Å². The number of piperidine rings is 1. The van der Waals surface area contributed by atoms with Gasteiger partial charge in [-0.05, 0) is 101 Å². The molecule has 284 valence electrons. The lowest BCUT2D eigenvalue weighted by molar-refractivity contribution is 0.201. The molecule has 2 aromatic heterocycles. The molecule has 9 nitrogen and oxygen atoms in total. The molecule has 5 aromatic rings. The maximum absolute atomic E-state index is 5.64. The summed E-state index contributed by atoms with van der Waals surface area (Å²) in [6.07, 6.45) is 6.00. The van der Waals surface area contributed by atoms with Crippen LogP contribution in [-0.4, -0.2) is 71.7 Å². The van der Waals surface area contributed by atoms with Crippen molar-refractivity contribution >= 4 is 41.2 Å². The average Bonchev–Trinajstić information content (AvgIpc) is 3.61. The Labute approximate surface area is 329 Å². The van der Waals surface area contributed by atoms with E-state index >= 15 is 0 Å². The smallest absolute Gasteiger partial charge is 0.203 e. The number of nitrogens with zero attached hydrogens (tertiary/aromatic N) is 3. The van der Waals surface area contributed by atoms with Gasteiger partial charge in [-0.25, -0.2) is 0 Å². The van der Waals surface area contributed by atoms with Crippen molar-refractivity contribution in [3.63, 3.8) is 0 Å². The van der Waals surface area contributed by atoms with Gasteiger partial charge in [0.2, 0.25) is 11.5 Å². The number of anilines is 1. The molecular formula is C41H49Cl2N3O6S. The highest BCUT2D eigenvalue weighted by atomic mass is 35.5. The van der Waals surface area contributed by atoms with Crippen LogP contribution in [0.3, 0.4) is 0 Å². The first-order chi connectivity index (χ1) is 24.9. The molecule has 6 rings (SSSR count). The van der Waals surface area contributed by atoms with Gasteiger partial charge in [0.05, 0.1) is 47.7 Å². The van der Waals surface area contributed by atoms with Crippen molar-refractivity contribution in [2.24, 2.45) is 0 Å². The molecule has 0 spiro atoms. The summed E-state index contributed by atoms with van der Waals surface area (Å²) in [7, 11) is 9.80. The van der Waals surface area contributed by atoms with Gasteiger partial charge in [-0.2, -0.15) is 0 Å². The first-order valence-electron chi connectivity index (χ1n) is 17.1. The Hall–Kier alpha value is -4.35. The SMILES string of the molecule is COc1cc(-c2cncc(CN3CCC(N(Cc4cccc(-c5cc(OC)c(OC)c(OC)c5)c4)c4cc(C)cs4)CC3)c2)cc(OC)c1OC.Cl.Cl. The third kappa shape index (κ3) is 9.42. The first kappa shape index (κ1) is 41.4. The number of pyridine rings is 1. The molecule has 0 bridgehead atoms. The van der Waals surface area contributed by atoms with Gasteiger partial charge < -0.3 is 33.3 Å². The van der Waals surface area contributed by atoms with E-state index in [1.807, 2.05) is 48.0 Å². The number of aryl methyl sites for hydroxylation is 1. The summed E-state index contributed by atoms with van der Waals surface area (Å²) < 4.78 is 33.5. The van der Waals surface area contributed by atoms with E-state index < -0.39 is 0 Å². The van der Waals surface area contributed by atoms with Gasteiger partial charge in [-0.1, -0.05) is 18.2 Å². The molecule has 1 saturated heterocycles. The van der Waals surface area contributed by atoms with Crippen LogP contribution in [0.2, 0.25) is 0 Å². The standard InChI is InChI=1S/C41H47N3O6S.2ClH/c1-27-15-39(51-26-27)44(25-28-9-8-10-30(16-28)31-18-35(45-2)40(49-6)36(19-31)46-3)34-11-13-43(14-12-34)24-29-17-33(23-42-22-29)32-20-37(47-4)41(50-7)38(21-32)48-5;;/h8-10,15-23,26,34H,11-14,24-25H2,1-7H3;2*1H. The summed E-state index contributed by atoms with van der Waals surface area (Å²) in [5, 5.41) is 3.56. The van der Waals surface area contributed by atoms with E-state index in [0.29, 0.717) is 40.5 Å². The minimum absolute atomic E-state index is 0. The molecule has 0 unspecified atom stereocenters. The lowest BCUT2D eigenvalue weighted by Crippen LogP contribution is -2.44. The molecular weight excluding hydrogens is 733 g/mol. The summed E-state index contributed by atoms with van der Waals surface area (Å²) in [5.74, 6) is 3.70. The van der Waals surface area contributed by atoms with Gasteiger partial charge in [0, 0.05) is 50.2 Å². The predicted octanol–water partition coefficient (Wildman–Crippen LogP) is 9.35. The molecule has 0 saturated carbocycles. The van der Waals surface area contributed by atoms with Crippen LogP contribution in [-0.2, 0) is 13.1 Å². The van der Waals surface area contributed by atoms with E-state index in [-0.39, 0.29) is 24.8 Å². The van der Waals surface area contributed by atoms with E-state index in [1.165, 1.54) is 21.7 Å². The van der Waals surface area contributed by atoms with E-state index in [4.69, 9.17) is 28.4 Å². The molecule has 0 atom stereocenters. The number of rotatable bonds is 14. The van der Waals surface area contributed by atoms with Gasteiger partial charge in [0.25, 0.3) is 0 Å². The van der Waals surface area contributed by atoms with Crippen LogP contribution in [0, 0.1) is 6.92 Å². The fourth-order valence-corrected chi connectivity index (χ4v) is 7.85. The van der Waals surface area contributed by atoms with E-state index in [9.17, 15) is 0 Å². The Morgan fingerprint density at radius 2 is 1.21 bits per heavy atom. The van der Waals surface area contributed by atoms with Crippen LogP contribution < -0.4 is 33.3 Å². The Balaban J connectivity index is 0.00000314. The van der Waals surface area contributed by atoms with Crippen LogP contribution in [0.1, 0.15) is 29.5 Å². The molecule has 0 radical (unpaired) electrons. The molecule has 53 heavy (non-hydrogen) atoms. The normalized spacial score (nSPS) is 13.0. The van der Waals surface area contributed by atoms with Gasteiger partial charge in [0.1, 0.15) is 0 Å². The molecule has 3 heterocycles. The number of thiophene rings is 1. The van der Waals surface area contributed by atoms with Crippen molar-refractivity contribution in [3.05, 3.63) is 95.1 Å². The second kappa shape index (κ2) is 19.1. The van der Waals surface area contributed by atoms with Gasteiger partial charge in [-0.3, -0.25) is 9.88 Å². The molecule has 1 aliphatic heterocycles. The summed E-state index contributed by atoms with van der Waals surface area (Å²) in [6.45, 7) is 5.85. The molecule has 0 aliphatic carbocycles. The first-order valence-corrected chi connectivity index (χ1v) is 17.9. The molecule has 3 aromatic carbocycles. The number of methoxy groups -OCH3 is 6. The van der Waals surface area contributed by atoms with Gasteiger partial charge in [0.15, 0.2) is 23.0 Å². The number of ether oxygens (including phenoxy) is 6. The minimum atomic E-state index is 0. The average molecular weight is 783 g/mol. The maximum atomic E-state index is 5.64. The van der Waals surface area contributed by atoms with Crippen molar-refractivity contribution in [1.82, 2.24) is 9.88 Å². The molecule has 0 amide bonds. The minimum Gasteiger partial charge on any atom is -0.493 e.